The molecule has 18 heavy (non-hydrogen) atoms. The number of rotatable bonds is 3. The Morgan fingerprint density at radius 2 is 1.89 bits per heavy atom. The van der Waals surface area contributed by atoms with Crippen LogP contribution in [0.5, 0.6) is 5.75 Å². The van der Waals surface area contributed by atoms with Crippen LogP contribution in [0.15, 0.2) is 52.7 Å². The highest BCUT2D eigenvalue weighted by molar-refractivity contribution is 5.54. The lowest BCUT2D eigenvalue weighted by Crippen LogP contribution is -1.84. The molecule has 0 saturated carbocycles. The molecule has 0 aliphatic rings. The highest BCUT2D eigenvalue weighted by atomic mass is 16.5. The number of ether oxygens (including phenoxy) is 1. The van der Waals surface area contributed by atoms with Crippen molar-refractivity contribution in [2.24, 2.45) is 10.2 Å². The first-order valence-corrected chi connectivity index (χ1v) is 5.61. The van der Waals surface area contributed by atoms with Crippen LogP contribution in [0, 0.1) is 6.92 Å². The van der Waals surface area contributed by atoms with Crippen LogP contribution in [0.3, 0.4) is 0 Å². The van der Waals surface area contributed by atoms with Crippen molar-refractivity contribution in [3.8, 4) is 5.75 Å². The number of anilines is 1. The van der Waals surface area contributed by atoms with E-state index in [1.165, 1.54) is 0 Å². The summed E-state index contributed by atoms with van der Waals surface area (Å²) >= 11 is 0. The average Bonchev–Trinajstić information content (AvgIpc) is 2.38. The first-order valence-electron chi connectivity index (χ1n) is 5.61. The van der Waals surface area contributed by atoms with Gasteiger partial charge in [0.1, 0.15) is 5.75 Å². The molecule has 0 aliphatic heterocycles. The predicted molar refractivity (Wildman–Crippen MR) is 72.8 cm³/mol. The van der Waals surface area contributed by atoms with E-state index < -0.39 is 0 Å². The molecule has 0 aliphatic carbocycles. The van der Waals surface area contributed by atoms with Gasteiger partial charge < -0.3 is 10.5 Å². The average molecular weight is 241 g/mol. The molecule has 2 rings (SSSR count). The molecule has 0 amide bonds. The van der Waals surface area contributed by atoms with E-state index in [0.717, 1.165) is 28.4 Å². The second-order valence-corrected chi connectivity index (χ2v) is 3.95. The van der Waals surface area contributed by atoms with Gasteiger partial charge in [-0.05, 0) is 42.8 Å². The van der Waals surface area contributed by atoms with E-state index in [0.29, 0.717) is 0 Å². The lowest BCUT2D eigenvalue weighted by Gasteiger charge is -2.01. The maximum atomic E-state index is 5.68. The van der Waals surface area contributed by atoms with E-state index in [1.807, 2.05) is 49.4 Å². The van der Waals surface area contributed by atoms with Crippen molar-refractivity contribution in [2.45, 2.75) is 6.92 Å². The molecule has 0 aromatic heterocycles. The molecular formula is C14H15N3O. The van der Waals surface area contributed by atoms with E-state index in [2.05, 4.69) is 10.2 Å². The third-order valence-corrected chi connectivity index (χ3v) is 2.55. The van der Waals surface area contributed by atoms with Crippen LogP contribution in [-0.4, -0.2) is 7.11 Å². The Balaban J connectivity index is 2.24. The topological polar surface area (TPSA) is 60.0 Å². The summed E-state index contributed by atoms with van der Waals surface area (Å²) in [6.07, 6.45) is 0. The maximum Gasteiger partial charge on any atom is 0.121 e. The summed E-state index contributed by atoms with van der Waals surface area (Å²) < 4.78 is 5.13. The Kier molecular flexibility index (Phi) is 3.57. The van der Waals surface area contributed by atoms with Crippen molar-refractivity contribution >= 4 is 17.1 Å². The third-order valence-electron chi connectivity index (χ3n) is 2.55. The van der Waals surface area contributed by atoms with Gasteiger partial charge in [-0.2, -0.15) is 10.2 Å². The number of hydrogen-bond donors (Lipinski definition) is 1. The molecule has 2 aromatic carbocycles. The van der Waals surface area contributed by atoms with E-state index in [9.17, 15) is 0 Å². The van der Waals surface area contributed by atoms with Gasteiger partial charge in [-0.25, -0.2) is 0 Å². The van der Waals surface area contributed by atoms with Crippen LogP contribution in [0.4, 0.5) is 17.1 Å². The molecular weight excluding hydrogens is 226 g/mol. The molecule has 0 fully saturated rings. The van der Waals surface area contributed by atoms with Gasteiger partial charge in [0.05, 0.1) is 18.5 Å². The van der Waals surface area contributed by atoms with Crippen molar-refractivity contribution in [1.82, 2.24) is 0 Å². The molecule has 2 aromatic rings. The van der Waals surface area contributed by atoms with Gasteiger partial charge in [-0.1, -0.05) is 6.07 Å². The fraction of sp³-hybridized carbons (Fsp3) is 0.143. The van der Waals surface area contributed by atoms with Gasteiger partial charge in [0.2, 0.25) is 0 Å². The summed E-state index contributed by atoms with van der Waals surface area (Å²) in [6, 6.07) is 13.0. The largest absolute Gasteiger partial charge is 0.497 e. The lowest BCUT2D eigenvalue weighted by atomic mass is 10.2. The highest BCUT2D eigenvalue weighted by Gasteiger charge is 1.97. The minimum atomic E-state index is 0.729. The predicted octanol–water partition coefficient (Wildman–Crippen LogP) is 4.00. The van der Waals surface area contributed by atoms with E-state index in [4.69, 9.17) is 10.5 Å². The van der Waals surface area contributed by atoms with Gasteiger partial charge in [-0.3, -0.25) is 0 Å². The minimum Gasteiger partial charge on any atom is -0.497 e. The van der Waals surface area contributed by atoms with Crippen molar-refractivity contribution in [2.75, 3.05) is 12.8 Å². The molecule has 2 N–H and O–H groups in total. The lowest BCUT2D eigenvalue weighted by molar-refractivity contribution is 0.415. The van der Waals surface area contributed by atoms with Crippen LogP contribution in [-0.2, 0) is 0 Å². The smallest absolute Gasteiger partial charge is 0.121 e. The quantitative estimate of drug-likeness (QED) is 0.652. The number of nitrogen functional groups attached to an aromatic ring is 1. The van der Waals surface area contributed by atoms with Gasteiger partial charge in [0, 0.05) is 11.8 Å². The van der Waals surface area contributed by atoms with Crippen molar-refractivity contribution in [3.63, 3.8) is 0 Å². The zero-order chi connectivity index (χ0) is 13.0. The zero-order valence-corrected chi connectivity index (χ0v) is 10.4. The second kappa shape index (κ2) is 5.31. The van der Waals surface area contributed by atoms with E-state index in [-0.39, 0.29) is 0 Å². The monoisotopic (exact) mass is 241 g/mol. The van der Waals surface area contributed by atoms with Crippen LogP contribution < -0.4 is 10.5 Å². The molecule has 0 unspecified atom stereocenters. The van der Waals surface area contributed by atoms with E-state index >= 15 is 0 Å². The Hall–Kier alpha value is -2.36. The molecule has 4 nitrogen and oxygen atoms in total. The molecule has 4 heteroatoms. The van der Waals surface area contributed by atoms with Crippen molar-refractivity contribution in [3.05, 3.63) is 48.0 Å². The van der Waals surface area contributed by atoms with Crippen LogP contribution >= 0.6 is 0 Å². The fourth-order valence-electron chi connectivity index (χ4n) is 1.58. The Morgan fingerprint density at radius 3 is 2.61 bits per heavy atom. The van der Waals surface area contributed by atoms with Crippen LogP contribution in [0.1, 0.15) is 5.56 Å². The van der Waals surface area contributed by atoms with Crippen molar-refractivity contribution < 1.29 is 4.74 Å². The highest BCUT2D eigenvalue weighted by Crippen LogP contribution is 2.25. The van der Waals surface area contributed by atoms with Gasteiger partial charge >= 0.3 is 0 Å². The molecule has 0 radical (unpaired) electrons. The standard InChI is InChI=1S/C14H15N3O/c1-10-8-11(15)6-7-14(10)17-16-12-4-3-5-13(9-12)18-2/h3-9H,15H2,1-2H3. The summed E-state index contributed by atoms with van der Waals surface area (Å²) in [5.74, 6) is 0.764. The Morgan fingerprint density at radius 1 is 1.06 bits per heavy atom. The minimum absolute atomic E-state index is 0.729. The second-order valence-electron chi connectivity index (χ2n) is 3.95. The SMILES string of the molecule is COc1cccc(N=Nc2ccc(N)cc2C)c1. The van der Waals surface area contributed by atoms with Gasteiger partial charge in [0.15, 0.2) is 0 Å². The normalized spacial score (nSPS) is 10.8. The number of hydrogen-bond acceptors (Lipinski definition) is 4. The number of benzene rings is 2. The van der Waals surface area contributed by atoms with Crippen molar-refractivity contribution in [1.29, 1.82) is 0 Å². The summed E-state index contributed by atoms with van der Waals surface area (Å²) in [5, 5.41) is 8.39. The number of nitrogens with two attached hydrogens (primary N) is 1. The number of azo groups is 1. The molecule has 0 saturated heterocycles. The Labute approximate surface area is 106 Å². The number of nitrogens with zero attached hydrogens (tertiary/aromatic N) is 2. The fourth-order valence-corrected chi connectivity index (χ4v) is 1.58. The molecule has 0 heterocycles. The zero-order valence-electron chi connectivity index (χ0n) is 10.4. The molecule has 92 valence electrons. The summed E-state index contributed by atoms with van der Waals surface area (Å²) in [4.78, 5) is 0. The van der Waals surface area contributed by atoms with Gasteiger partial charge in [0.25, 0.3) is 0 Å². The third kappa shape index (κ3) is 2.85. The first kappa shape index (κ1) is 12.1. The summed E-state index contributed by atoms with van der Waals surface area (Å²) in [6.45, 7) is 1.95. The first-order chi connectivity index (χ1) is 8.69. The number of aryl methyl sites for hydroxylation is 1. The summed E-state index contributed by atoms with van der Waals surface area (Å²) in [5.41, 5.74) is 8.98. The Bertz CT molecular complexity index is 579. The molecule has 0 bridgehead atoms. The molecule has 0 spiro atoms. The molecule has 0 atom stereocenters. The van der Waals surface area contributed by atoms with Gasteiger partial charge in [-0.15, -0.1) is 0 Å². The maximum absolute atomic E-state index is 5.68. The number of methoxy groups -OCH3 is 1. The van der Waals surface area contributed by atoms with Crippen LogP contribution in [0.2, 0.25) is 0 Å². The van der Waals surface area contributed by atoms with Crippen LogP contribution in [0.25, 0.3) is 0 Å². The van der Waals surface area contributed by atoms with E-state index in [1.54, 1.807) is 7.11 Å². The summed E-state index contributed by atoms with van der Waals surface area (Å²) in [7, 11) is 1.63.